The molecule has 0 unspecified atom stereocenters. The minimum absolute atomic E-state index is 0.0128. The first kappa shape index (κ1) is 30.6. The van der Waals surface area contributed by atoms with E-state index in [1.165, 1.54) is 0 Å². The zero-order valence-corrected chi connectivity index (χ0v) is 25.8. The number of alkyl halides is 3. The first-order chi connectivity index (χ1) is 21.3. The van der Waals surface area contributed by atoms with Crippen molar-refractivity contribution in [2.75, 3.05) is 0 Å². The highest BCUT2D eigenvalue weighted by Gasteiger charge is 2.33. The summed E-state index contributed by atoms with van der Waals surface area (Å²) in [5, 5.41) is 12.2. The first-order valence-corrected chi connectivity index (χ1v) is 15.3. The predicted octanol–water partition coefficient (Wildman–Crippen LogP) is 7.43. The predicted molar refractivity (Wildman–Crippen MR) is 172 cm³/mol. The molecule has 1 fully saturated rings. The van der Waals surface area contributed by atoms with Crippen LogP contribution < -0.4 is 5.32 Å². The van der Waals surface area contributed by atoms with Crippen LogP contribution in [0.2, 0.25) is 0 Å². The van der Waals surface area contributed by atoms with Gasteiger partial charge in [-0.05, 0) is 52.1 Å². The summed E-state index contributed by atoms with van der Waals surface area (Å²) in [6, 6.07) is 31.8. The monoisotopic (exact) mass is 649 g/mol. The molecule has 1 aliphatic rings. The molecule has 3 atom stereocenters. The smallest absolute Gasteiger partial charge is 0.272 e. The van der Waals surface area contributed by atoms with E-state index in [1.54, 1.807) is 0 Å². The van der Waals surface area contributed by atoms with Gasteiger partial charge in [-0.2, -0.15) is 0 Å². The molecule has 4 aromatic carbocycles. The average Bonchev–Trinajstić information content (AvgIpc) is 3.45. The van der Waals surface area contributed by atoms with Crippen molar-refractivity contribution in [3.05, 3.63) is 126 Å². The molecule has 2 N–H and O–H groups in total. The molecule has 2 heterocycles. The number of halogens is 3. The van der Waals surface area contributed by atoms with Gasteiger partial charge in [0.1, 0.15) is 0 Å². The van der Waals surface area contributed by atoms with Gasteiger partial charge in [0.2, 0.25) is 0 Å². The number of hydrogen-bond acceptors (Lipinski definition) is 5. The largest absolute Gasteiger partial charge is 0.392 e. The van der Waals surface area contributed by atoms with E-state index >= 15 is 0 Å². The van der Waals surface area contributed by atoms with Gasteiger partial charge in [0, 0.05) is 18.5 Å². The summed E-state index contributed by atoms with van der Waals surface area (Å²) in [7, 11) is 0. The minimum atomic E-state index is -2.02. The van der Waals surface area contributed by atoms with Gasteiger partial charge in [0.25, 0.3) is 9.70 Å². The first-order valence-electron chi connectivity index (χ1n) is 14.2. The lowest BCUT2D eigenvalue weighted by molar-refractivity contribution is -0.252. The number of rotatable bonds is 8. The summed E-state index contributed by atoms with van der Waals surface area (Å²) in [5.41, 5.74) is 7.53. The number of carbonyl (C=O) groups excluding carboxylic acids is 1. The Labute approximate surface area is 270 Å². The Hall–Kier alpha value is -3.43. The third kappa shape index (κ3) is 7.10. The van der Waals surface area contributed by atoms with E-state index < -0.39 is 16.0 Å². The van der Waals surface area contributed by atoms with Gasteiger partial charge in [-0.1, -0.05) is 108 Å². The third-order valence-corrected chi connectivity index (χ3v) is 8.19. The van der Waals surface area contributed by atoms with Crippen molar-refractivity contribution < 1.29 is 19.4 Å². The molecule has 5 aromatic rings. The van der Waals surface area contributed by atoms with Gasteiger partial charge >= 0.3 is 0 Å². The van der Waals surface area contributed by atoms with E-state index in [-0.39, 0.29) is 25.4 Å². The molecule has 0 spiro atoms. The SMILES string of the molecule is O=C(NCc1cccc(-c2cccc([C@H]3O[C@@H](Cn4cnc5ccccc54)C[C@@H](c4ccc(CO)cc4)O3)c2)c1)C(Cl)(Cl)Cl. The number of imidazole rings is 1. The number of amides is 1. The van der Waals surface area contributed by atoms with Crippen LogP contribution in [0.5, 0.6) is 0 Å². The quantitative estimate of drug-likeness (QED) is 0.171. The number of aliphatic hydroxyl groups is 1. The van der Waals surface area contributed by atoms with E-state index in [0.29, 0.717) is 13.0 Å². The summed E-state index contributed by atoms with van der Waals surface area (Å²) in [6.45, 7) is 0.824. The van der Waals surface area contributed by atoms with Crippen LogP contribution in [0.3, 0.4) is 0 Å². The Morgan fingerprint density at radius 2 is 1.64 bits per heavy atom. The molecule has 0 aliphatic carbocycles. The molecule has 6 rings (SSSR count). The zero-order valence-electron chi connectivity index (χ0n) is 23.6. The second-order valence-electron chi connectivity index (χ2n) is 10.7. The number of carbonyl (C=O) groups is 1. The number of para-hydroxylation sites is 2. The lowest BCUT2D eigenvalue weighted by Gasteiger charge is -2.36. The van der Waals surface area contributed by atoms with Crippen LogP contribution in [0.4, 0.5) is 0 Å². The van der Waals surface area contributed by atoms with Crippen LogP contribution in [-0.2, 0) is 34.0 Å². The maximum atomic E-state index is 12.0. The lowest BCUT2D eigenvalue weighted by atomic mass is 9.98. The maximum Gasteiger partial charge on any atom is 0.272 e. The molecule has 7 nitrogen and oxygen atoms in total. The fourth-order valence-electron chi connectivity index (χ4n) is 5.42. The Kier molecular flexibility index (Phi) is 9.23. The highest BCUT2D eigenvalue weighted by molar-refractivity contribution is 6.76. The summed E-state index contributed by atoms with van der Waals surface area (Å²) < 4.78 is 13.3. The highest BCUT2D eigenvalue weighted by Crippen LogP contribution is 2.39. The van der Waals surface area contributed by atoms with Crippen LogP contribution in [0, 0.1) is 0 Å². The zero-order chi connectivity index (χ0) is 30.7. The molecule has 0 saturated carbocycles. The Morgan fingerprint density at radius 3 is 2.41 bits per heavy atom. The summed E-state index contributed by atoms with van der Waals surface area (Å²) in [4.78, 5) is 16.6. The summed E-state index contributed by atoms with van der Waals surface area (Å²) in [5.74, 6) is -0.680. The van der Waals surface area contributed by atoms with Crippen molar-refractivity contribution in [3.63, 3.8) is 0 Å². The fraction of sp³-hybridized carbons (Fsp3) is 0.235. The van der Waals surface area contributed by atoms with Gasteiger partial charge in [0.15, 0.2) is 6.29 Å². The van der Waals surface area contributed by atoms with Crippen LogP contribution in [-0.4, -0.2) is 30.5 Å². The second kappa shape index (κ2) is 13.3. The molecule has 0 bridgehead atoms. The van der Waals surface area contributed by atoms with Crippen molar-refractivity contribution in [3.8, 4) is 11.1 Å². The van der Waals surface area contributed by atoms with E-state index in [0.717, 1.165) is 44.4 Å². The van der Waals surface area contributed by atoms with E-state index in [9.17, 15) is 9.90 Å². The topological polar surface area (TPSA) is 85.6 Å². The number of fused-ring (bicyclic) bond motifs is 1. The molecule has 1 saturated heterocycles. The van der Waals surface area contributed by atoms with Crippen LogP contribution in [0.15, 0.2) is 103 Å². The van der Waals surface area contributed by atoms with Crippen LogP contribution in [0.25, 0.3) is 22.2 Å². The Balaban J connectivity index is 1.26. The Bertz CT molecular complexity index is 1750. The van der Waals surface area contributed by atoms with Crippen molar-refractivity contribution >= 4 is 51.7 Å². The normalized spacial score (nSPS) is 18.8. The van der Waals surface area contributed by atoms with Crippen molar-refractivity contribution in [2.24, 2.45) is 0 Å². The Morgan fingerprint density at radius 1 is 0.886 bits per heavy atom. The molecular weight excluding hydrogens is 621 g/mol. The van der Waals surface area contributed by atoms with Gasteiger partial charge in [-0.15, -0.1) is 0 Å². The number of aromatic nitrogens is 2. The molecule has 10 heteroatoms. The summed E-state index contributed by atoms with van der Waals surface area (Å²) in [6.07, 6.45) is 1.53. The number of ether oxygens (including phenoxy) is 2. The number of hydrogen-bond donors (Lipinski definition) is 2. The number of benzene rings is 4. The molecule has 226 valence electrons. The lowest BCUT2D eigenvalue weighted by Crippen LogP contribution is -2.33. The maximum absolute atomic E-state index is 12.0. The molecule has 44 heavy (non-hydrogen) atoms. The highest BCUT2D eigenvalue weighted by atomic mass is 35.6. The fourth-order valence-corrected chi connectivity index (χ4v) is 5.62. The molecule has 1 aliphatic heterocycles. The van der Waals surface area contributed by atoms with E-state index in [4.69, 9.17) is 44.3 Å². The average molecular weight is 651 g/mol. The van der Waals surface area contributed by atoms with E-state index in [2.05, 4.69) is 27.0 Å². The standard InChI is InChI=1S/C34H30Cl3N3O4/c35-34(36,37)33(42)38-18-23-5-3-6-25(15-23)26-7-4-8-27(16-26)32-43-28(19-40-21-39-29-9-1-2-10-30(29)40)17-31(44-32)24-13-11-22(20-41)12-14-24/h1-16,21,28,31-32,41H,17-20H2,(H,38,42)/t28-,31+,32+/m1/s1. The third-order valence-electron chi connectivity index (χ3n) is 7.67. The second-order valence-corrected chi connectivity index (χ2v) is 13.0. The molecule has 1 amide bonds. The van der Waals surface area contributed by atoms with Gasteiger partial charge in [0.05, 0.1) is 42.7 Å². The minimum Gasteiger partial charge on any atom is -0.392 e. The van der Waals surface area contributed by atoms with Crippen molar-refractivity contribution in [1.29, 1.82) is 0 Å². The van der Waals surface area contributed by atoms with Crippen molar-refractivity contribution in [2.45, 2.75) is 48.4 Å². The van der Waals surface area contributed by atoms with Crippen LogP contribution >= 0.6 is 34.8 Å². The van der Waals surface area contributed by atoms with Gasteiger partial charge in [-0.25, -0.2) is 4.98 Å². The molecule has 0 radical (unpaired) electrons. The molecule has 1 aromatic heterocycles. The van der Waals surface area contributed by atoms with Crippen molar-refractivity contribution in [1.82, 2.24) is 14.9 Å². The number of nitrogens with zero attached hydrogens (tertiary/aromatic N) is 2. The van der Waals surface area contributed by atoms with Gasteiger partial charge < -0.3 is 24.5 Å². The van der Waals surface area contributed by atoms with Crippen LogP contribution in [0.1, 0.15) is 41.1 Å². The van der Waals surface area contributed by atoms with Gasteiger partial charge in [-0.3, -0.25) is 4.79 Å². The summed E-state index contributed by atoms with van der Waals surface area (Å²) >= 11 is 17.1. The van der Waals surface area contributed by atoms with E-state index in [1.807, 2.05) is 91.3 Å². The number of aliphatic hydroxyl groups excluding tert-OH is 1. The number of nitrogens with one attached hydrogen (secondary N) is 1. The molecular formula is C34H30Cl3N3O4.